The first kappa shape index (κ1) is 10.8. The predicted octanol–water partition coefficient (Wildman–Crippen LogP) is 3.40. The second-order valence-corrected chi connectivity index (χ2v) is 6.13. The standard InChI is InChI=1S/C12H22O/c1-10(2,3)7-8-12(9-13-12)11(4,5)6/h7-8H,9H2,1-6H3. The van der Waals surface area contributed by atoms with Crippen molar-refractivity contribution in [3.63, 3.8) is 0 Å². The van der Waals surface area contributed by atoms with Crippen LogP contribution >= 0.6 is 0 Å². The summed E-state index contributed by atoms with van der Waals surface area (Å²) in [4.78, 5) is 0. The number of epoxide rings is 1. The van der Waals surface area contributed by atoms with Gasteiger partial charge in [0.25, 0.3) is 0 Å². The minimum Gasteiger partial charge on any atom is -0.365 e. The molecule has 0 aromatic carbocycles. The Bertz CT molecular complexity index is 208. The van der Waals surface area contributed by atoms with Crippen molar-refractivity contribution in [3.8, 4) is 0 Å². The van der Waals surface area contributed by atoms with Crippen molar-refractivity contribution in [1.82, 2.24) is 0 Å². The van der Waals surface area contributed by atoms with Crippen LogP contribution in [-0.4, -0.2) is 12.2 Å². The lowest BCUT2D eigenvalue weighted by molar-refractivity contribution is 0.199. The molecule has 0 N–H and O–H groups in total. The van der Waals surface area contributed by atoms with E-state index in [-0.39, 0.29) is 16.4 Å². The average molecular weight is 182 g/mol. The van der Waals surface area contributed by atoms with Crippen LogP contribution in [-0.2, 0) is 4.74 Å². The second kappa shape index (κ2) is 2.84. The number of hydrogen-bond acceptors (Lipinski definition) is 1. The normalized spacial score (nSPS) is 29.7. The Morgan fingerprint density at radius 3 is 1.77 bits per heavy atom. The predicted molar refractivity (Wildman–Crippen MR) is 56.7 cm³/mol. The van der Waals surface area contributed by atoms with Gasteiger partial charge in [0.05, 0.1) is 6.61 Å². The molecule has 1 heteroatoms. The summed E-state index contributed by atoms with van der Waals surface area (Å²) in [6.07, 6.45) is 4.50. The molecule has 1 rings (SSSR count). The summed E-state index contributed by atoms with van der Waals surface area (Å²) in [5, 5.41) is 0. The van der Waals surface area contributed by atoms with Crippen molar-refractivity contribution in [2.75, 3.05) is 6.61 Å². The van der Waals surface area contributed by atoms with Gasteiger partial charge in [0.2, 0.25) is 0 Å². The van der Waals surface area contributed by atoms with E-state index in [4.69, 9.17) is 4.74 Å². The van der Waals surface area contributed by atoms with E-state index in [0.717, 1.165) is 6.61 Å². The molecular formula is C12H22O. The van der Waals surface area contributed by atoms with E-state index < -0.39 is 0 Å². The van der Waals surface area contributed by atoms with Crippen LogP contribution < -0.4 is 0 Å². The zero-order valence-electron chi connectivity index (χ0n) is 9.77. The third kappa shape index (κ3) is 2.57. The molecule has 0 spiro atoms. The summed E-state index contributed by atoms with van der Waals surface area (Å²) in [6.45, 7) is 14.2. The fourth-order valence-electron chi connectivity index (χ4n) is 1.24. The van der Waals surface area contributed by atoms with E-state index in [2.05, 4.69) is 53.7 Å². The van der Waals surface area contributed by atoms with Crippen molar-refractivity contribution in [3.05, 3.63) is 12.2 Å². The number of ether oxygens (including phenoxy) is 1. The molecule has 0 aliphatic carbocycles. The molecule has 0 saturated carbocycles. The van der Waals surface area contributed by atoms with Crippen LogP contribution in [0.1, 0.15) is 41.5 Å². The summed E-state index contributed by atoms with van der Waals surface area (Å²) in [6, 6.07) is 0. The molecule has 1 unspecified atom stereocenters. The monoisotopic (exact) mass is 182 g/mol. The van der Waals surface area contributed by atoms with Gasteiger partial charge in [-0.2, -0.15) is 0 Å². The number of allylic oxidation sites excluding steroid dienone is 1. The largest absolute Gasteiger partial charge is 0.365 e. The van der Waals surface area contributed by atoms with Gasteiger partial charge >= 0.3 is 0 Å². The van der Waals surface area contributed by atoms with Crippen molar-refractivity contribution >= 4 is 0 Å². The fourth-order valence-corrected chi connectivity index (χ4v) is 1.24. The summed E-state index contributed by atoms with van der Waals surface area (Å²) < 4.78 is 5.57. The summed E-state index contributed by atoms with van der Waals surface area (Å²) >= 11 is 0. The van der Waals surface area contributed by atoms with E-state index >= 15 is 0 Å². The zero-order chi connectivity index (χ0) is 10.3. The summed E-state index contributed by atoms with van der Waals surface area (Å²) in [7, 11) is 0. The van der Waals surface area contributed by atoms with Gasteiger partial charge in [-0.25, -0.2) is 0 Å². The summed E-state index contributed by atoms with van der Waals surface area (Å²) in [5.41, 5.74) is 0.485. The van der Waals surface area contributed by atoms with Gasteiger partial charge in [0.15, 0.2) is 0 Å². The second-order valence-electron chi connectivity index (χ2n) is 6.13. The van der Waals surface area contributed by atoms with Crippen molar-refractivity contribution in [2.45, 2.75) is 47.1 Å². The van der Waals surface area contributed by atoms with Crippen molar-refractivity contribution in [1.29, 1.82) is 0 Å². The van der Waals surface area contributed by atoms with Crippen LogP contribution in [0.3, 0.4) is 0 Å². The molecule has 13 heavy (non-hydrogen) atoms. The third-order valence-electron chi connectivity index (χ3n) is 2.58. The Morgan fingerprint density at radius 2 is 1.54 bits per heavy atom. The molecule has 0 radical (unpaired) electrons. The Balaban J connectivity index is 2.70. The molecule has 0 aromatic heterocycles. The maximum atomic E-state index is 5.57. The molecule has 0 amide bonds. The van der Waals surface area contributed by atoms with Gasteiger partial charge in [-0.3, -0.25) is 0 Å². The lowest BCUT2D eigenvalue weighted by atomic mass is 9.79. The lowest BCUT2D eigenvalue weighted by Gasteiger charge is -2.25. The van der Waals surface area contributed by atoms with Gasteiger partial charge in [-0.1, -0.05) is 53.7 Å². The van der Waals surface area contributed by atoms with Gasteiger partial charge in [0, 0.05) is 0 Å². The van der Waals surface area contributed by atoms with E-state index in [1.165, 1.54) is 0 Å². The Morgan fingerprint density at radius 1 is 1.08 bits per heavy atom. The maximum absolute atomic E-state index is 5.57. The van der Waals surface area contributed by atoms with E-state index in [9.17, 15) is 0 Å². The smallest absolute Gasteiger partial charge is 0.114 e. The van der Waals surface area contributed by atoms with Crippen LogP contribution in [0.25, 0.3) is 0 Å². The first-order chi connectivity index (χ1) is 5.66. The Kier molecular flexibility index (Phi) is 2.36. The first-order valence-corrected chi connectivity index (χ1v) is 5.01. The quantitative estimate of drug-likeness (QED) is 0.447. The van der Waals surface area contributed by atoms with Crippen LogP contribution in [0.5, 0.6) is 0 Å². The minimum atomic E-state index is 0.0142. The highest BCUT2D eigenvalue weighted by Crippen LogP contribution is 2.45. The van der Waals surface area contributed by atoms with Gasteiger partial charge in [-0.15, -0.1) is 0 Å². The van der Waals surface area contributed by atoms with Crippen LogP contribution in [0.4, 0.5) is 0 Å². The fraction of sp³-hybridized carbons (Fsp3) is 0.833. The van der Waals surface area contributed by atoms with Crippen molar-refractivity contribution < 1.29 is 4.74 Å². The van der Waals surface area contributed by atoms with Gasteiger partial charge in [0.1, 0.15) is 5.60 Å². The minimum absolute atomic E-state index is 0.0142. The van der Waals surface area contributed by atoms with Crippen molar-refractivity contribution in [2.24, 2.45) is 10.8 Å². The zero-order valence-corrected chi connectivity index (χ0v) is 9.77. The molecule has 0 bridgehead atoms. The number of hydrogen-bond donors (Lipinski definition) is 0. The molecule has 76 valence electrons. The van der Waals surface area contributed by atoms with E-state index in [1.54, 1.807) is 0 Å². The van der Waals surface area contributed by atoms with Crippen LogP contribution in [0, 0.1) is 10.8 Å². The molecule has 1 aliphatic rings. The van der Waals surface area contributed by atoms with Crippen LogP contribution in [0.15, 0.2) is 12.2 Å². The highest BCUT2D eigenvalue weighted by atomic mass is 16.6. The molecule has 1 heterocycles. The molecule has 1 nitrogen and oxygen atoms in total. The third-order valence-corrected chi connectivity index (χ3v) is 2.58. The molecule has 1 saturated heterocycles. The average Bonchev–Trinajstić information content (AvgIpc) is 2.58. The molecule has 1 aliphatic heterocycles. The SMILES string of the molecule is CC(C)(C)C=CC1(C(C)(C)C)CO1. The summed E-state index contributed by atoms with van der Waals surface area (Å²) in [5.74, 6) is 0. The maximum Gasteiger partial charge on any atom is 0.114 e. The number of rotatable bonds is 1. The first-order valence-electron chi connectivity index (χ1n) is 5.01. The topological polar surface area (TPSA) is 12.5 Å². The Hall–Kier alpha value is -0.300. The molecule has 0 aromatic rings. The van der Waals surface area contributed by atoms with Gasteiger partial charge in [-0.05, 0) is 10.8 Å². The molecule has 1 atom stereocenters. The molecular weight excluding hydrogens is 160 g/mol. The van der Waals surface area contributed by atoms with E-state index in [1.807, 2.05) is 0 Å². The highest BCUT2D eigenvalue weighted by Gasteiger charge is 2.52. The molecule has 1 fully saturated rings. The van der Waals surface area contributed by atoms with Gasteiger partial charge < -0.3 is 4.74 Å². The van der Waals surface area contributed by atoms with Crippen LogP contribution in [0.2, 0.25) is 0 Å². The lowest BCUT2D eigenvalue weighted by Crippen LogP contribution is -2.28. The van der Waals surface area contributed by atoms with E-state index in [0.29, 0.717) is 0 Å². The highest BCUT2D eigenvalue weighted by molar-refractivity contribution is 5.17. The Labute approximate surface area is 82.2 Å².